The lowest BCUT2D eigenvalue weighted by Crippen LogP contribution is -2.31. The minimum absolute atomic E-state index is 0.213. The molecule has 25 heavy (non-hydrogen) atoms. The van der Waals surface area contributed by atoms with E-state index in [0.717, 1.165) is 5.56 Å². The fraction of sp³-hybridized carbons (Fsp3) is 0.167. The number of carbonyl (C=O) groups excluding carboxylic acids is 1. The van der Waals surface area contributed by atoms with Crippen molar-refractivity contribution >= 4 is 5.91 Å². The van der Waals surface area contributed by atoms with Gasteiger partial charge in [0, 0.05) is 24.9 Å². The Morgan fingerprint density at radius 1 is 1.24 bits per heavy atom. The molecule has 0 bridgehead atoms. The second-order valence-electron chi connectivity index (χ2n) is 5.55. The zero-order valence-corrected chi connectivity index (χ0v) is 13.6. The Morgan fingerprint density at radius 3 is 2.72 bits per heavy atom. The molecule has 0 saturated carbocycles. The average Bonchev–Trinajstić information content (AvgIpc) is 2.62. The maximum absolute atomic E-state index is 12.5. The molecule has 0 fully saturated rings. The van der Waals surface area contributed by atoms with Gasteiger partial charge >= 0.3 is 0 Å². The lowest BCUT2D eigenvalue weighted by atomic mass is 10.0. The topological polar surface area (TPSA) is 101 Å². The first kappa shape index (κ1) is 16.5. The highest BCUT2D eigenvalue weighted by Crippen LogP contribution is 2.17. The molecule has 7 heteroatoms. The van der Waals surface area contributed by atoms with Gasteiger partial charge in [0.1, 0.15) is 11.5 Å². The summed E-state index contributed by atoms with van der Waals surface area (Å²) in [4.78, 5) is 39.0. The van der Waals surface area contributed by atoms with Crippen molar-refractivity contribution in [3.8, 4) is 0 Å². The van der Waals surface area contributed by atoms with E-state index in [9.17, 15) is 9.59 Å². The van der Waals surface area contributed by atoms with E-state index < -0.39 is 0 Å². The van der Waals surface area contributed by atoms with Gasteiger partial charge in [-0.15, -0.1) is 0 Å². The van der Waals surface area contributed by atoms with E-state index in [1.807, 2.05) is 30.3 Å². The third-order valence-electron chi connectivity index (χ3n) is 3.63. The van der Waals surface area contributed by atoms with Crippen molar-refractivity contribution in [2.24, 2.45) is 0 Å². The van der Waals surface area contributed by atoms with Gasteiger partial charge in [-0.25, -0.2) is 9.97 Å². The zero-order valence-electron chi connectivity index (χ0n) is 13.6. The van der Waals surface area contributed by atoms with Crippen LogP contribution in [0.15, 0.2) is 59.8 Å². The summed E-state index contributed by atoms with van der Waals surface area (Å²) < 4.78 is 0. The van der Waals surface area contributed by atoms with Crippen molar-refractivity contribution in [1.82, 2.24) is 25.3 Å². The van der Waals surface area contributed by atoms with Crippen LogP contribution in [0, 0.1) is 6.92 Å². The van der Waals surface area contributed by atoms with Crippen LogP contribution in [0.1, 0.15) is 33.6 Å². The quantitative estimate of drug-likeness (QED) is 0.737. The predicted octanol–water partition coefficient (Wildman–Crippen LogP) is 1.58. The van der Waals surface area contributed by atoms with Gasteiger partial charge in [0.15, 0.2) is 0 Å². The Morgan fingerprint density at radius 2 is 2.04 bits per heavy atom. The fourth-order valence-corrected chi connectivity index (χ4v) is 2.54. The molecular formula is C18H17N5O2. The fourth-order valence-electron chi connectivity index (χ4n) is 2.54. The lowest BCUT2D eigenvalue weighted by Gasteiger charge is -2.19. The van der Waals surface area contributed by atoms with Crippen LogP contribution in [0.3, 0.4) is 0 Å². The normalized spacial score (nSPS) is 11.7. The van der Waals surface area contributed by atoms with E-state index in [1.165, 1.54) is 24.7 Å². The van der Waals surface area contributed by atoms with Gasteiger partial charge in [-0.3, -0.25) is 14.6 Å². The smallest absolute Gasteiger partial charge is 0.271 e. The molecule has 3 rings (SSSR count). The molecule has 0 radical (unpaired) electrons. The molecule has 126 valence electrons. The maximum atomic E-state index is 12.5. The summed E-state index contributed by atoms with van der Waals surface area (Å²) in [7, 11) is 0. The van der Waals surface area contributed by atoms with Gasteiger partial charge in [-0.1, -0.05) is 30.3 Å². The van der Waals surface area contributed by atoms with Gasteiger partial charge in [0.25, 0.3) is 11.5 Å². The van der Waals surface area contributed by atoms with Gasteiger partial charge < -0.3 is 10.3 Å². The van der Waals surface area contributed by atoms with Crippen molar-refractivity contribution in [1.29, 1.82) is 0 Å². The van der Waals surface area contributed by atoms with E-state index in [0.29, 0.717) is 17.9 Å². The molecule has 2 N–H and O–H groups in total. The molecule has 2 aromatic heterocycles. The highest BCUT2D eigenvalue weighted by atomic mass is 16.2. The van der Waals surface area contributed by atoms with Gasteiger partial charge in [-0.05, 0) is 12.5 Å². The SMILES string of the molecule is Cc1nc(C[C@@H](NC(=O)c2cnccn2)c2ccccc2)cc(=O)[nH]1. The van der Waals surface area contributed by atoms with E-state index in [4.69, 9.17) is 0 Å². The van der Waals surface area contributed by atoms with Crippen LogP contribution >= 0.6 is 0 Å². The standard InChI is InChI=1S/C18H17N5O2/c1-12-21-14(10-17(24)22-12)9-15(13-5-3-2-4-6-13)23-18(25)16-11-19-7-8-20-16/h2-8,10-11,15H,9H2,1H3,(H,23,25)(H,21,22,24)/t15-/m1/s1. The summed E-state index contributed by atoms with van der Waals surface area (Å²) in [5, 5.41) is 2.94. The summed E-state index contributed by atoms with van der Waals surface area (Å²) in [6.45, 7) is 1.72. The molecule has 0 aliphatic rings. The van der Waals surface area contributed by atoms with E-state index in [-0.39, 0.29) is 23.2 Å². The summed E-state index contributed by atoms with van der Waals surface area (Å²) in [6, 6.07) is 10.6. The number of hydrogen-bond acceptors (Lipinski definition) is 5. The number of aromatic amines is 1. The van der Waals surface area contributed by atoms with Crippen LogP contribution in [0.25, 0.3) is 0 Å². The molecule has 0 saturated heterocycles. The number of aromatic nitrogens is 4. The van der Waals surface area contributed by atoms with Gasteiger partial charge in [0.05, 0.1) is 17.9 Å². The van der Waals surface area contributed by atoms with Crippen LogP contribution in [-0.2, 0) is 6.42 Å². The van der Waals surface area contributed by atoms with Crippen molar-refractivity contribution < 1.29 is 4.79 Å². The summed E-state index contributed by atoms with van der Waals surface area (Å²) >= 11 is 0. The molecule has 3 aromatic rings. The number of H-pyrrole nitrogens is 1. The second-order valence-corrected chi connectivity index (χ2v) is 5.55. The molecule has 0 aliphatic carbocycles. The number of nitrogens with one attached hydrogen (secondary N) is 2. The van der Waals surface area contributed by atoms with Crippen LogP contribution in [0.4, 0.5) is 0 Å². The number of benzene rings is 1. The van der Waals surface area contributed by atoms with Crippen molar-refractivity contribution in [3.63, 3.8) is 0 Å². The number of hydrogen-bond donors (Lipinski definition) is 2. The minimum Gasteiger partial charge on any atom is -0.343 e. The minimum atomic E-state index is -0.343. The van der Waals surface area contributed by atoms with Crippen molar-refractivity contribution in [2.75, 3.05) is 0 Å². The Labute approximate surface area is 144 Å². The third kappa shape index (κ3) is 4.35. The van der Waals surface area contributed by atoms with E-state index in [2.05, 4.69) is 25.3 Å². The first-order valence-corrected chi connectivity index (χ1v) is 7.80. The monoisotopic (exact) mass is 335 g/mol. The largest absolute Gasteiger partial charge is 0.343 e. The molecule has 7 nitrogen and oxygen atoms in total. The molecule has 1 atom stereocenters. The molecule has 1 amide bonds. The first-order valence-electron chi connectivity index (χ1n) is 7.80. The maximum Gasteiger partial charge on any atom is 0.271 e. The molecular weight excluding hydrogens is 318 g/mol. The number of rotatable bonds is 5. The first-order chi connectivity index (χ1) is 12.1. The Kier molecular flexibility index (Phi) is 4.94. The van der Waals surface area contributed by atoms with E-state index in [1.54, 1.807) is 6.92 Å². The lowest BCUT2D eigenvalue weighted by molar-refractivity contribution is 0.0931. The van der Waals surface area contributed by atoms with Crippen molar-refractivity contribution in [3.05, 3.63) is 88.1 Å². The van der Waals surface area contributed by atoms with Crippen LogP contribution in [0.5, 0.6) is 0 Å². The number of nitrogens with zero attached hydrogens (tertiary/aromatic N) is 3. The van der Waals surface area contributed by atoms with E-state index >= 15 is 0 Å². The van der Waals surface area contributed by atoms with Crippen LogP contribution in [0.2, 0.25) is 0 Å². The second kappa shape index (κ2) is 7.48. The summed E-state index contributed by atoms with van der Waals surface area (Å²) in [5.74, 6) is 0.207. The zero-order chi connectivity index (χ0) is 17.6. The average molecular weight is 335 g/mol. The molecule has 0 unspecified atom stereocenters. The Balaban J connectivity index is 1.88. The summed E-state index contributed by atoms with van der Waals surface area (Å²) in [5.41, 5.74) is 1.54. The Hall–Kier alpha value is -3.35. The van der Waals surface area contributed by atoms with Gasteiger partial charge in [-0.2, -0.15) is 0 Å². The number of carbonyl (C=O) groups is 1. The third-order valence-corrected chi connectivity index (χ3v) is 3.63. The summed E-state index contributed by atoms with van der Waals surface area (Å²) in [6.07, 6.45) is 4.77. The highest BCUT2D eigenvalue weighted by molar-refractivity contribution is 5.92. The molecule has 1 aromatic carbocycles. The number of amides is 1. The van der Waals surface area contributed by atoms with Gasteiger partial charge in [0.2, 0.25) is 0 Å². The van der Waals surface area contributed by atoms with Crippen LogP contribution < -0.4 is 10.9 Å². The Bertz CT molecular complexity index is 910. The highest BCUT2D eigenvalue weighted by Gasteiger charge is 2.18. The van der Waals surface area contributed by atoms with Crippen molar-refractivity contribution in [2.45, 2.75) is 19.4 Å². The molecule has 0 aliphatic heterocycles. The number of aryl methyl sites for hydroxylation is 1. The molecule has 0 spiro atoms. The van der Waals surface area contributed by atoms with Crippen LogP contribution in [-0.4, -0.2) is 25.8 Å². The molecule has 2 heterocycles. The predicted molar refractivity (Wildman–Crippen MR) is 92.0 cm³/mol.